The van der Waals surface area contributed by atoms with Gasteiger partial charge in [-0.1, -0.05) is 49.6 Å². The lowest BCUT2D eigenvalue weighted by atomic mass is 9.68. The first kappa shape index (κ1) is 14.1. The summed E-state index contributed by atoms with van der Waals surface area (Å²) >= 11 is 0. The Labute approximate surface area is 122 Å². The molecule has 0 amide bonds. The molecule has 1 aromatic rings. The third kappa shape index (κ3) is 2.64. The Kier molecular flexibility index (Phi) is 4.42. The zero-order valence-corrected chi connectivity index (χ0v) is 12.5. The molecular formula is C18H27NO. The highest BCUT2D eigenvalue weighted by molar-refractivity contribution is 5.20. The molecule has 110 valence electrons. The number of rotatable bonds is 3. The number of β-amino-alcohol motifs (C(OH)–C–C–N with tert-alkyl or cyclic N) is 1. The van der Waals surface area contributed by atoms with Crippen LogP contribution in [0.15, 0.2) is 30.3 Å². The van der Waals surface area contributed by atoms with E-state index < -0.39 is 0 Å². The number of benzene rings is 1. The summed E-state index contributed by atoms with van der Waals surface area (Å²) in [6.45, 7) is 3.46. The Bertz CT molecular complexity index is 419. The first-order valence-corrected chi connectivity index (χ1v) is 8.23. The minimum Gasteiger partial charge on any atom is -0.395 e. The number of hydrogen-bond acceptors (Lipinski definition) is 2. The Morgan fingerprint density at radius 1 is 1.15 bits per heavy atom. The topological polar surface area (TPSA) is 23.5 Å². The van der Waals surface area contributed by atoms with E-state index in [0.29, 0.717) is 12.1 Å². The zero-order valence-electron chi connectivity index (χ0n) is 12.5. The van der Waals surface area contributed by atoms with Gasteiger partial charge in [-0.05, 0) is 37.2 Å². The molecule has 2 fully saturated rings. The average molecular weight is 273 g/mol. The van der Waals surface area contributed by atoms with Gasteiger partial charge >= 0.3 is 0 Å². The molecule has 20 heavy (non-hydrogen) atoms. The summed E-state index contributed by atoms with van der Waals surface area (Å²) in [6, 6.07) is 12.0. The van der Waals surface area contributed by atoms with Crippen molar-refractivity contribution in [1.82, 2.24) is 4.90 Å². The number of fused-ring (bicyclic) bond motifs is 1. The fourth-order valence-corrected chi connectivity index (χ4v) is 4.59. The van der Waals surface area contributed by atoms with Gasteiger partial charge in [0.15, 0.2) is 0 Å². The summed E-state index contributed by atoms with van der Waals surface area (Å²) in [5.41, 5.74) is 1.43. The van der Waals surface area contributed by atoms with Gasteiger partial charge in [-0.25, -0.2) is 0 Å². The van der Waals surface area contributed by atoms with Crippen LogP contribution >= 0.6 is 0 Å². The number of piperidine rings is 1. The minimum absolute atomic E-state index is 0.269. The van der Waals surface area contributed by atoms with E-state index in [1.54, 1.807) is 0 Å². The van der Waals surface area contributed by atoms with Gasteiger partial charge in [-0.3, -0.25) is 4.90 Å². The largest absolute Gasteiger partial charge is 0.395 e. The average Bonchev–Trinajstić information content (AvgIpc) is 2.51. The molecule has 0 aromatic heterocycles. The molecule has 1 saturated heterocycles. The van der Waals surface area contributed by atoms with E-state index in [0.717, 1.165) is 18.4 Å². The summed E-state index contributed by atoms with van der Waals surface area (Å²) in [5, 5.41) is 9.46. The molecule has 0 bridgehead atoms. The van der Waals surface area contributed by atoms with Crippen molar-refractivity contribution in [2.24, 2.45) is 11.8 Å². The Morgan fingerprint density at radius 3 is 2.65 bits per heavy atom. The molecule has 1 heterocycles. The second kappa shape index (κ2) is 6.28. The van der Waals surface area contributed by atoms with Gasteiger partial charge < -0.3 is 5.11 Å². The Morgan fingerprint density at radius 2 is 1.90 bits per heavy atom. The predicted octanol–water partition coefficient (Wildman–Crippen LogP) is 3.62. The van der Waals surface area contributed by atoms with Gasteiger partial charge in [-0.2, -0.15) is 0 Å². The molecule has 4 unspecified atom stereocenters. The van der Waals surface area contributed by atoms with Crippen molar-refractivity contribution in [3.05, 3.63) is 35.9 Å². The van der Waals surface area contributed by atoms with Gasteiger partial charge in [-0.15, -0.1) is 0 Å². The molecule has 1 saturated carbocycles. The van der Waals surface area contributed by atoms with Gasteiger partial charge in [0.05, 0.1) is 6.61 Å². The highest BCUT2D eigenvalue weighted by atomic mass is 16.3. The quantitative estimate of drug-likeness (QED) is 0.909. The Balaban J connectivity index is 1.86. The third-order valence-electron chi connectivity index (χ3n) is 5.58. The van der Waals surface area contributed by atoms with Crippen LogP contribution in [-0.4, -0.2) is 29.2 Å². The van der Waals surface area contributed by atoms with Crippen LogP contribution in [0.25, 0.3) is 0 Å². The monoisotopic (exact) mass is 273 g/mol. The molecule has 4 atom stereocenters. The molecule has 1 aliphatic heterocycles. The number of aliphatic hydroxyl groups is 1. The first-order chi connectivity index (χ1) is 9.81. The molecule has 1 aliphatic carbocycles. The second-order valence-corrected chi connectivity index (χ2v) is 6.57. The van der Waals surface area contributed by atoms with Crippen LogP contribution in [0.3, 0.4) is 0 Å². The fourth-order valence-electron chi connectivity index (χ4n) is 4.59. The van der Waals surface area contributed by atoms with Crippen molar-refractivity contribution in [3.8, 4) is 0 Å². The van der Waals surface area contributed by atoms with Gasteiger partial charge in [0, 0.05) is 18.6 Å². The van der Waals surface area contributed by atoms with Gasteiger partial charge in [0.25, 0.3) is 0 Å². The van der Waals surface area contributed by atoms with E-state index in [4.69, 9.17) is 0 Å². The first-order valence-electron chi connectivity index (χ1n) is 8.23. The van der Waals surface area contributed by atoms with E-state index in [1.165, 1.54) is 37.7 Å². The van der Waals surface area contributed by atoms with Crippen molar-refractivity contribution in [1.29, 1.82) is 0 Å². The summed E-state index contributed by atoms with van der Waals surface area (Å²) in [5.74, 6) is 1.73. The van der Waals surface area contributed by atoms with E-state index in [2.05, 4.69) is 42.2 Å². The summed E-state index contributed by atoms with van der Waals surface area (Å²) in [6.07, 6.45) is 6.88. The lowest BCUT2D eigenvalue weighted by molar-refractivity contribution is -0.0194. The fraction of sp³-hybridized carbons (Fsp3) is 0.667. The predicted molar refractivity (Wildman–Crippen MR) is 82.5 cm³/mol. The standard InChI is InChI=1S/C18H27NO/c1-14-17-10-6-5-9-16(17)13-18(19(14)11-12-20)15-7-3-2-4-8-15/h2-4,7-8,14,16-18,20H,5-6,9-13H2,1H3. The van der Waals surface area contributed by atoms with Crippen molar-refractivity contribution in [2.75, 3.05) is 13.2 Å². The maximum Gasteiger partial charge on any atom is 0.0558 e. The number of likely N-dealkylation sites (tertiary alicyclic amines) is 1. The maximum atomic E-state index is 9.46. The summed E-state index contributed by atoms with van der Waals surface area (Å²) in [7, 11) is 0. The van der Waals surface area contributed by atoms with Crippen molar-refractivity contribution < 1.29 is 5.11 Å². The molecular weight excluding hydrogens is 246 g/mol. The molecule has 0 spiro atoms. The van der Waals surface area contributed by atoms with Crippen LogP contribution in [0.4, 0.5) is 0 Å². The molecule has 2 heteroatoms. The smallest absolute Gasteiger partial charge is 0.0558 e. The lowest BCUT2D eigenvalue weighted by Gasteiger charge is -2.51. The second-order valence-electron chi connectivity index (χ2n) is 6.57. The minimum atomic E-state index is 0.269. The number of aliphatic hydroxyl groups excluding tert-OH is 1. The van der Waals surface area contributed by atoms with Crippen LogP contribution in [0.1, 0.15) is 50.6 Å². The van der Waals surface area contributed by atoms with E-state index >= 15 is 0 Å². The zero-order chi connectivity index (χ0) is 13.9. The van der Waals surface area contributed by atoms with Crippen LogP contribution in [-0.2, 0) is 0 Å². The highest BCUT2D eigenvalue weighted by Crippen LogP contribution is 2.46. The lowest BCUT2D eigenvalue weighted by Crippen LogP contribution is -2.50. The summed E-state index contributed by atoms with van der Waals surface area (Å²) < 4.78 is 0. The molecule has 2 aliphatic rings. The third-order valence-corrected chi connectivity index (χ3v) is 5.58. The van der Waals surface area contributed by atoms with E-state index in [1.807, 2.05) is 0 Å². The Hall–Kier alpha value is -0.860. The molecule has 0 radical (unpaired) electrons. The normalized spacial score (nSPS) is 34.7. The molecule has 1 aromatic carbocycles. The van der Waals surface area contributed by atoms with Crippen LogP contribution in [0.5, 0.6) is 0 Å². The highest BCUT2D eigenvalue weighted by Gasteiger charge is 2.41. The van der Waals surface area contributed by atoms with Crippen LogP contribution in [0, 0.1) is 11.8 Å². The summed E-state index contributed by atoms with van der Waals surface area (Å²) in [4.78, 5) is 2.56. The van der Waals surface area contributed by atoms with Crippen molar-refractivity contribution in [2.45, 2.75) is 51.1 Å². The van der Waals surface area contributed by atoms with Crippen LogP contribution < -0.4 is 0 Å². The van der Waals surface area contributed by atoms with E-state index in [9.17, 15) is 5.11 Å². The molecule has 3 rings (SSSR count). The molecule has 1 N–H and O–H groups in total. The van der Waals surface area contributed by atoms with Gasteiger partial charge in [0.2, 0.25) is 0 Å². The van der Waals surface area contributed by atoms with Crippen molar-refractivity contribution >= 4 is 0 Å². The van der Waals surface area contributed by atoms with Crippen LogP contribution in [0.2, 0.25) is 0 Å². The van der Waals surface area contributed by atoms with Crippen molar-refractivity contribution in [3.63, 3.8) is 0 Å². The molecule has 2 nitrogen and oxygen atoms in total. The SMILES string of the molecule is CC1C2CCCCC2CC(c2ccccc2)N1CCO. The van der Waals surface area contributed by atoms with Gasteiger partial charge in [0.1, 0.15) is 0 Å². The number of hydrogen-bond donors (Lipinski definition) is 1. The van der Waals surface area contributed by atoms with E-state index in [-0.39, 0.29) is 6.61 Å². The number of nitrogens with zero attached hydrogens (tertiary/aromatic N) is 1. The maximum absolute atomic E-state index is 9.46.